The number of hydrogen-bond acceptors (Lipinski definition) is 6. The molecule has 69 heavy (non-hydrogen) atoms. The maximum Gasteiger partial charge on any atom is 0.472 e. The largest absolute Gasteiger partial charge is 0.472 e. The van der Waals surface area contributed by atoms with Gasteiger partial charge < -0.3 is 19.4 Å². The summed E-state index contributed by atoms with van der Waals surface area (Å²) in [6.45, 7) is 6.88. The molecule has 0 aliphatic heterocycles. The van der Waals surface area contributed by atoms with Crippen LogP contribution in [0, 0.1) is 0 Å². The number of nitrogens with one attached hydrogen (secondary N) is 1. The first-order valence-corrected chi connectivity index (χ1v) is 30.1. The molecule has 0 aromatic heterocycles. The number of quaternary nitrogens is 1. The standard InChI is InChI=1S/C59H109N2O7P/c1-7-10-13-16-19-22-25-28-30-31-33-36-39-42-45-48-51-58(62)60-56(55-67-69(64,65)66-54-53-61(4,5)6)57(50-47-44-41-38-35-32-27-24-21-18-15-12-9-3)68-59(63)52-49-46-43-40-37-34-29-26-23-20-17-14-11-8-2/h11,14,20,23,30-31,33,36,47,50,56-57H,7-10,12-13,15-19,21-22,24-29,32,34-35,37-46,48-49,51-55H2,1-6H3,(H-,60,62,64,65)/p+1/b14-11+,23-20+,31-30+,36-33+,50-47+. The van der Waals surface area contributed by atoms with E-state index in [2.05, 4.69) is 74.7 Å². The van der Waals surface area contributed by atoms with Crippen LogP contribution in [0.25, 0.3) is 0 Å². The van der Waals surface area contributed by atoms with Crippen molar-refractivity contribution in [1.29, 1.82) is 0 Å². The first-order valence-electron chi connectivity index (χ1n) is 28.6. The molecule has 10 heteroatoms. The average molecular weight is 991 g/mol. The molecule has 1 amide bonds. The van der Waals surface area contributed by atoms with Crippen molar-refractivity contribution in [2.24, 2.45) is 0 Å². The van der Waals surface area contributed by atoms with E-state index in [4.69, 9.17) is 13.8 Å². The third-order valence-corrected chi connectivity index (χ3v) is 13.5. The Balaban J connectivity index is 5.43. The SMILES string of the molecule is CC/C=C/C/C=C/CCCCCCCCCC(=O)OC(/C=C/CCCCCCCCCCCCC)C(COP(=O)(O)OCC[N+](C)(C)C)NC(=O)CCCCC/C=C/C=C/CCCCCCCCC. The van der Waals surface area contributed by atoms with E-state index in [0.29, 0.717) is 23.9 Å². The van der Waals surface area contributed by atoms with E-state index in [0.717, 1.165) is 89.9 Å². The lowest BCUT2D eigenvalue weighted by atomic mass is 10.0. The number of phosphoric ester groups is 1. The van der Waals surface area contributed by atoms with Crippen LogP contribution in [0.4, 0.5) is 0 Å². The Labute approximate surface area is 426 Å². The molecule has 0 spiro atoms. The zero-order valence-electron chi connectivity index (χ0n) is 45.8. The van der Waals surface area contributed by atoms with E-state index in [9.17, 15) is 19.0 Å². The van der Waals surface area contributed by atoms with Crippen molar-refractivity contribution in [3.63, 3.8) is 0 Å². The first-order chi connectivity index (χ1) is 33.4. The summed E-state index contributed by atoms with van der Waals surface area (Å²) in [5.74, 6) is -0.544. The van der Waals surface area contributed by atoms with Crippen molar-refractivity contribution in [3.8, 4) is 0 Å². The van der Waals surface area contributed by atoms with Crippen molar-refractivity contribution in [1.82, 2.24) is 5.32 Å². The van der Waals surface area contributed by atoms with Crippen molar-refractivity contribution >= 4 is 19.7 Å². The van der Waals surface area contributed by atoms with Gasteiger partial charge in [-0.2, -0.15) is 0 Å². The number of unbranched alkanes of at least 4 members (excludes halogenated alkanes) is 28. The number of ether oxygens (including phenoxy) is 1. The van der Waals surface area contributed by atoms with Crippen LogP contribution in [0.1, 0.15) is 252 Å². The van der Waals surface area contributed by atoms with E-state index in [-0.39, 0.29) is 31.5 Å². The van der Waals surface area contributed by atoms with Crippen molar-refractivity contribution in [2.45, 2.75) is 264 Å². The van der Waals surface area contributed by atoms with E-state index < -0.39 is 20.0 Å². The van der Waals surface area contributed by atoms with Gasteiger partial charge in [0.2, 0.25) is 5.91 Å². The van der Waals surface area contributed by atoms with Gasteiger partial charge in [-0.05, 0) is 83.1 Å². The monoisotopic (exact) mass is 990 g/mol. The molecule has 0 aromatic rings. The van der Waals surface area contributed by atoms with Crippen LogP contribution >= 0.6 is 7.82 Å². The molecule has 3 atom stereocenters. The highest BCUT2D eigenvalue weighted by atomic mass is 31.2. The third-order valence-electron chi connectivity index (χ3n) is 12.5. The molecule has 402 valence electrons. The molecule has 2 N–H and O–H groups in total. The molecule has 0 fully saturated rings. The molecule has 0 aliphatic rings. The Morgan fingerprint density at radius 2 is 0.971 bits per heavy atom. The number of rotatable bonds is 51. The summed E-state index contributed by atoms with van der Waals surface area (Å²) in [5.41, 5.74) is 0. The minimum Gasteiger partial charge on any atom is -0.456 e. The van der Waals surface area contributed by atoms with Crippen LogP contribution in [0.3, 0.4) is 0 Å². The minimum atomic E-state index is -4.45. The van der Waals surface area contributed by atoms with Gasteiger partial charge in [-0.25, -0.2) is 4.57 Å². The first kappa shape index (κ1) is 66.7. The molecular formula is C59H110N2O7P+. The molecule has 0 saturated carbocycles. The van der Waals surface area contributed by atoms with Gasteiger partial charge in [-0.15, -0.1) is 0 Å². The second-order valence-electron chi connectivity index (χ2n) is 20.5. The Bertz CT molecular complexity index is 1370. The quantitative estimate of drug-likeness (QED) is 0.0156. The fraction of sp³-hybridized carbons (Fsp3) is 0.797. The van der Waals surface area contributed by atoms with Gasteiger partial charge in [0.15, 0.2) is 0 Å². The molecule has 0 saturated heterocycles. The van der Waals surface area contributed by atoms with Crippen molar-refractivity contribution in [2.75, 3.05) is 40.9 Å². The van der Waals surface area contributed by atoms with Crippen LogP contribution in [-0.4, -0.2) is 74.3 Å². The molecule has 0 radical (unpaired) electrons. The van der Waals surface area contributed by atoms with E-state index in [1.54, 1.807) is 0 Å². The second kappa shape index (κ2) is 49.3. The highest BCUT2D eigenvalue weighted by Crippen LogP contribution is 2.43. The number of esters is 1. The number of carbonyl (C=O) groups is 2. The van der Waals surface area contributed by atoms with Gasteiger partial charge >= 0.3 is 13.8 Å². The summed E-state index contributed by atoms with van der Waals surface area (Å²) in [5, 5.41) is 3.03. The van der Waals surface area contributed by atoms with Crippen LogP contribution in [-0.2, 0) is 27.9 Å². The number of phosphoric acid groups is 1. The Hall–Kier alpha value is -2.29. The summed E-state index contributed by atoms with van der Waals surface area (Å²) >= 11 is 0. The van der Waals surface area contributed by atoms with Gasteiger partial charge in [0.1, 0.15) is 19.3 Å². The Kier molecular flexibility index (Phi) is 47.7. The number of likely N-dealkylation sites (N-methyl/N-ethyl adjacent to an activating group) is 1. The molecular weight excluding hydrogens is 880 g/mol. The maximum atomic E-state index is 13.5. The number of nitrogens with zero attached hydrogens (tertiary/aromatic N) is 1. The predicted octanol–water partition coefficient (Wildman–Crippen LogP) is 17.1. The lowest BCUT2D eigenvalue weighted by Gasteiger charge is -2.27. The molecule has 0 heterocycles. The molecule has 9 nitrogen and oxygen atoms in total. The van der Waals surface area contributed by atoms with Gasteiger partial charge in [0, 0.05) is 12.8 Å². The van der Waals surface area contributed by atoms with Gasteiger partial charge in [-0.1, -0.05) is 217 Å². The van der Waals surface area contributed by atoms with Crippen LogP contribution < -0.4 is 5.32 Å². The highest BCUT2D eigenvalue weighted by molar-refractivity contribution is 7.47. The third kappa shape index (κ3) is 50.4. The summed E-state index contributed by atoms with van der Waals surface area (Å²) in [7, 11) is 1.47. The number of hydrogen-bond donors (Lipinski definition) is 2. The number of carbonyl (C=O) groups excluding carboxylic acids is 2. The Morgan fingerprint density at radius 3 is 1.48 bits per heavy atom. The van der Waals surface area contributed by atoms with Crippen LogP contribution in [0.2, 0.25) is 0 Å². The van der Waals surface area contributed by atoms with E-state index in [1.807, 2.05) is 33.3 Å². The average Bonchev–Trinajstić information content (AvgIpc) is 3.31. The second-order valence-corrected chi connectivity index (χ2v) is 21.9. The van der Waals surface area contributed by atoms with Crippen molar-refractivity contribution in [3.05, 3.63) is 60.8 Å². The zero-order chi connectivity index (χ0) is 50.8. The van der Waals surface area contributed by atoms with Crippen molar-refractivity contribution < 1.29 is 37.3 Å². The summed E-state index contributed by atoms with van der Waals surface area (Å²) < 4.78 is 30.6. The summed E-state index contributed by atoms with van der Waals surface area (Å²) in [6.07, 6.45) is 60.7. The molecule has 3 unspecified atom stereocenters. The smallest absolute Gasteiger partial charge is 0.456 e. The minimum absolute atomic E-state index is 0.0326. The summed E-state index contributed by atoms with van der Waals surface area (Å²) in [4.78, 5) is 37.6. The zero-order valence-corrected chi connectivity index (χ0v) is 46.7. The fourth-order valence-electron chi connectivity index (χ4n) is 8.03. The lowest BCUT2D eigenvalue weighted by molar-refractivity contribution is -0.870. The topological polar surface area (TPSA) is 111 Å². The molecule has 0 aromatic carbocycles. The van der Waals surface area contributed by atoms with E-state index in [1.165, 1.54) is 122 Å². The Morgan fingerprint density at radius 1 is 0.536 bits per heavy atom. The van der Waals surface area contributed by atoms with E-state index >= 15 is 0 Å². The molecule has 0 aliphatic carbocycles. The lowest BCUT2D eigenvalue weighted by Crippen LogP contribution is -2.47. The highest BCUT2D eigenvalue weighted by Gasteiger charge is 2.30. The number of allylic oxidation sites excluding steroid dienone is 9. The number of amides is 1. The van der Waals surface area contributed by atoms with Crippen LogP contribution in [0.5, 0.6) is 0 Å². The summed E-state index contributed by atoms with van der Waals surface area (Å²) in [6, 6.07) is -0.865. The van der Waals surface area contributed by atoms with Gasteiger partial charge in [0.25, 0.3) is 0 Å². The molecule has 0 bridgehead atoms. The van der Waals surface area contributed by atoms with Gasteiger partial charge in [0.05, 0.1) is 33.8 Å². The molecule has 0 rings (SSSR count). The fourth-order valence-corrected chi connectivity index (χ4v) is 8.76. The van der Waals surface area contributed by atoms with Crippen LogP contribution in [0.15, 0.2) is 60.8 Å². The predicted molar refractivity (Wildman–Crippen MR) is 295 cm³/mol. The normalized spacial score (nSPS) is 14.2. The van der Waals surface area contributed by atoms with Gasteiger partial charge in [-0.3, -0.25) is 18.6 Å². The maximum absolute atomic E-state index is 13.5.